The van der Waals surface area contributed by atoms with Crippen molar-refractivity contribution in [1.82, 2.24) is 10.2 Å². The van der Waals surface area contributed by atoms with E-state index in [9.17, 15) is 13.2 Å². The van der Waals surface area contributed by atoms with Crippen LogP contribution in [-0.4, -0.2) is 58.2 Å². The highest BCUT2D eigenvalue weighted by atomic mass is 32.2. The Morgan fingerprint density at radius 3 is 2.71 bits per heavy atom. The second-order valence-corrected chi connectivity index (χ2v) is 9.88. The van der Waals surface area contributed by atoms with Crippen LogP contribution in [0.25, 0.3) is 0 Å². The lowest BCUT2D eigenvalue weighted by atomic mass is 10.0. The maximum atomic E-state index is 12.2. The summed E-state index contributed by atoms with van der Waals surface area (Å²) in [5.41, 5.74) is 1.59. The molecular formula is C21H35N3O3S. The van der Waals surface area contributed by atoms with Crippen LogP contribution >= 0.6 is 0 Å². The lowest BCUT2D eigenvalue weighted by Gasteiger charge is -2.30. The van der Waals surface area contributed by atoms with E-state index in [2.05, 4.69) is 17.1 Å². The van der Waals surface area contributed by atoms with Crippen LogP contribution in [0.4, 0.5) is 5.69 Å². The highest BCUT2D eigenvalue weighted by Crippen LogP contribution is 2.22. The summed E-state index contributed by atoms with van der Waals surface area (Å²) in [6, 6.07) is 7.41. The van der Waals surface area contributed by atoms with Crippen molar-refractivity contribution in [1.29, 1.82) is 0 Å². The van der Waals surface area contributed by atoms with Crippen molar-refractivity contribution in [2.45, 2.75) is 46.0 Å². The number of hydrogen-bond donors (Lipinski definition) is 1. The van der Waals surface area contributed by atoms with Gasteiger partial charge in [0.1, 0.15) is 0 Å². The molecule has 1 aromatic carbocycles. The van der Waals surface area contributed by atoms with Gasteiger partial charge < -0.3 is 10.2 Å². The molecule has 1 aliphatic heterocycles. The van der Waals surface area contributed by atoms with Crippen molar-refractivity contribution in [3.63, 3.8) is 0 Å². The van der Waals surface area contributed by atoms with Gasteiger partial charge in [0, 0.05) is 26.1 Å². The number of piperidine rings is 1. The van der Waals surface area contributed by atoms with Gasteiger partial charge in [-0.25, -0.2) is 8.42 Å². The molecule has 0 aromatic heterocycles. The summed E-state index contributed by atoms with van der Waals surface area (Å²) in [7, 11) is -3.38. The second-order valence-electron chi connectivity index (χ2n) is 7.98. The molecule has 0 radical (unpaired) electrons. The highest BCUT2D eigenvalue weighted by molar-refractivity contribution is 7.92. The zero-order chi connectivity index (χ0) is 20.6. The van der Waals surface area contributed by atoms with Crippen LogP contribution in [-0.2, 0) is 14.8 Å². The summed E-state index contributed by atoms with van der Waals surface area (Å²) in [6.45, 7) is 8.53. The third-order valence-corrected chi connectivity index (χ3v) is 6.44. The lowest BCUT2D eigenvalue weighted by Crippen LogP contribution is -2.36. The van der Waals surface area contributed by atoms with Gasteiger partial charge in [-0.1, -0.05) is 25.1 Å². The van der Waals surface area contributed by atoms with Gasteiger partial charge in [-0.2, -0.15) is 0 Å². The molecule has 1 atom stereocenters. The van der Waals surface area contributed by atoms with Crippen LogP contribution in [0.3, 0.4) is 0 Å². The molecule has 1 heterocycles. The first-order chi connectivity index (χ1) is 13.3. The number of likely N-dealkylation sites (tertiary alicyclic amines) is 1. The normalized spacial score (nSPS) is 18.0. The molecule has 0 saturated carbocycles. The zero-order valence-corrected chi connectivity index (χ0v) is 18.3. The molecule has 1 N–H and O–H groups in total. The lowest BCUT2D eigenvalue weighted by molar-refractivity contribution is -0.121. The Hall–Kier alpha value is -1.60. The number of amides is 1. The number of rotatable bonds is 10. The maximum Gasteiger partial charge on any atom is 0.232 e. The molecule has 6 nitrogen and oxygen atoms in total. The van der Waals surface area contributed by atoms with Crippen molar-refractivity contribution in [2.24, 2.45) is 5.92 Å². The molecule has 1 saturated heterocycles. The molecule has 1 amide bonds. The first kappa shape index (κ1) is 22.7. The quantitative estimate of drug-likeness (QED) is 0.603. The molecule has 0 bridgehead atoms. The molecule has 7 heteroatoms. The number of nitrogens with one attached hydrogen (secondary N) is 1. The standard InChI is InChI=1S/C21H35N3O3S/c1-18-9-6-14-23(17-18)15-8-13-22-21(25)12-7-16-24(28(3,26)27)20-11-5-4-10-19(20)2/h4-5,10-11,18H,6-9,12-17H2,1-3H3,(H,22,25)/t18-/m1/s1. The molecule has 2 rings (SSSR count). The number of carbonyl (C=O) groups excluding carboxylic acids is 1. The summed E-state index contributed by atoms with van der Waals surface area (Å²) in [6.07, 6.45) is 5.58. The minimum atomic E-state index is -3.38. The van der Waals surface area contributed by atoms with Crippen molar-refractivity contribution >= 4 is 21.6 Å². The maximum absolute atomic E-state index is 12.2. The fourth-order valence-electron chi connectivity index (χ4n) is 3.80. The van der Waals surface area contributed by atoms with Crippen LogP contribution in [0.1, 0.15) is 44.6 Å². The van der Waals surface area contributed by atoms with E-state index in [1.807, 2.05) is 25.1 Å². The van der Waals surface area contributed by atoms with E-state index in [0.29, 0.717) is 31.6 Å². The molecule has 158 valence electrons. The monoisotopic (exact) mass is 409 g/mol. The Kier molecular flexibility index (Phi) is 8.76. The summed E-state index contributed by atoms with van der Waals surface area (Å²) in [5, 5.41) is 2.96. The van der Waals surface area contributed by atoms with Gasteiger partial charge in [0.25, 0.3) is 0 Å². The highest BCUT2D eigenvalue weighted by Gasteiger charge is 2.19. The number of benzene rings is 1. The Labute approximate surface area is 170 Å². The van der Waals surface area contributed by atoms with E-state index in [4.69, 9.17) is 0 Å². The number of sulfonamides is 1. The van der Waals surface area contributed by atoms with Crippen LogP contribution in [0, 0.1) is 12.8 Å². The minimum absolute atomic E-state index is 0.00903. The van der Waals surface area contributed by atoms with Crippen LogP contribution in [0.5, 0.6) is 0 Å². The third-order valence-electron chi connectivity index (χ3n) is 5.26. The molecule has 1 fully saturated rings. The number of anilines is 1. The third kappa shape index (κ3) is 7.43. The number of para-hydroxylation sites is 1. The fraction of sp³-hybridized carbons (Fsp3) is 0.667. The summed E-state index contributed by atoms with van der Waals surface area (Å²) >= 11 is 0. The molecule has 1 aromatic rings. The first-order valence-electron chi connectivity index (χ1n) is 10.3. The summed E-state index contributed by atoms with van der Waals surface area (Å²) in [4.78, 5) is 14.6. The van der Waals surface area contributed by atoms with Crippen LogP contribution in [0.15, 0.2) is 24.3 Å². The zero-order valence-electron chi connectivity index (χ0n) is 17.5. The van der Waals surface area contributed by atoms with Gasteiger partial charge in [0.05, 0.1) is 11.9 Å². The number of hydrogen-bond acceptors (Lipinski definition) is 4. The van der Waals surface area contributed by atoms with E-state index in [0.717, 1.165) is 31.0 Å². The topological polar surface area (TPSA) is 69.7 Å². The number of carbonyl (C=O) groups is 1. The van der Waals surface area contributed by atoms with Crippen LogP contribution < -0.4 is 9.62 Å². The second kappa shape index (κ2) is 10.8. The van der Waals surface area contributed by atoms with Gasteiger partial charge in [0.15, 0.2) is 0 Å². The van der Waals surface area contributed by atoms with Gasteiger partial charge >= 0.3 is 0 Å². The van der Waals surface area contributed by atoms with Gasteiger partial charge in [-0.3, -0.25) is 9.10 Å². The van der Waals surface area contributed by atoms with Gasteiger partial charge in [-0.15, -0.1) is 0 Å². The SMILES string of the molecule is Cc1ccccc1N(CCCC(=O)NCCCN1CCC[C@@H](C)C1)S(C)(=O)=O. The largest absolute Gasteiger partial charge is 0.356 e. The minimum Gasteiger partial charge on any atom is -0.356 e. The average Bonchev–Trinajstić information content (AvgIpc) is 2.62. The summed E-state index contributed by atoms with van der Waals surface area (Å²) < 4.78 is 25.7. The fourth-order valence-corrected chi connectivity index (χ4v) is 4.82. The molecule has 1 aliphatic rings. The number of aryl methyl sites for hydroxylation is 1. The summed E-state index contributed by atoms with van der Waals surface area (Å²) in [5.74, 6) is 0.764. The smallest absolute Gasteiger partial charge is 0.232 e. The van der Waals surface area contributed by atoms with E-state index in [1.54, 1.807) is 6.07 Å². The molecule has 28 heavy (non-hydrogen) atoms. The van der Waals surface area contributed by atoms with E-state index >= 15 is 0 Å². The average molecular weight is 410 g/mol. The van der Waals surface area contributed by atoms with Crippen molar-refractivity contribution in [3.05, 3.63) is 29.8 Å². The Morgan fingerprint density at radius 1 is 1.29 bits per heavy atom. The predicted octanol–water partition coefficient (Wildman–Crippen LogP) is 2.78. The molecule has 0 unspecified atom stereocenters. The molecular weight excluding hydrogens is 374 g/mol. The Morgan fingerprint density at radius 2 is 2.04 bits per heavy atom. The molecule has 0 spiro atoms. The Balaban J connectivity index is 1.70. The van der Waals surface area contributed by atoms with Gasteiger partial charge in [0.2, 0.25) is 15.9 Å². The van der Waals surface area contributed by atoms with Crippen molar-refractivity contribution in [2.75, 3.05) is 43.3 Å². The van der Waals surface area contributed by atoms with Gasteiger partial charge in [-0.05, 0) is 63.2 Å². The Bertz CT molecular complexity index is 736. The van der Waals surface area contributed by atoms with Crippen molar-refractivity contribution < 1.29 is 13.2 Å². The van der Waals surface area contributed by atoms with E-state index in [-0.39, 0.29) is 5.91 Å². The molecule has 0 aliphatic carbocycles. The predicted molar refractivity (Wildman–Crippen MR) is 115 cm³/mol. The van der Waals surface area contributed by atoms with E-state index in [1.165, 1.54) is 29.9 Å². The number of nitrogens with zero attached hydrogens (tertiary/aromatic N) is 2. The first-order valence-corrected chi connectivity index (χ1v) is 12.1. The van der Waals surface area contributed by atoms with Crippen LogP contribution in [0.2, 0.25) is 0 Å². The van der Waals surface area contributed by atoms with E-state index < -0.39 is 10.0 Å². The van der Waals surface area contributed by atoms with Crippen molar-refractivity contribution in [3.8, 4) is 0 Å².